The summed E-state index contributed by atoms with van der Waals surface area (Å²) in [7, 11) is 0. The van der Waals surface area contributed by atoms with Gasteiger partial charge in [0.2, 0.25) is 5.91 Å². The maximum Gasteiger partial charge on any atom is 0.350 e. The Hall–Kier alpha value is -1.71. The highest BCUT2D eigenvalue weighted by Gasteiger charge is 2.34. The van der Waals surface area contributed by atoms with Gasteiger partial charge in [0.1, 0.15) is 0 Å². The van der Waals surface area contributed by atoms with Gasteiger partial charge < -0.3 is 0 Å². The van der Waals surface area contributed by atoms with Gasteiger partial charge in [0.25, 0.3) is 0 Å². The van der Waals surface area contributed by atoms with Crippen LogP contribution in [0.4, 0.5) is 4.79 Å². The molecule has 0 fully saturated rings. The van der Waals surface area contributed by atoms with Crippen LogP contribution in [0.1, 0.15) is 45.4 Å². The number of urea groups is 1. The van der Waals surface area contributed by atoms with Crippen molar-refractivity contribution in [2.24, 2.45) is 10.9 Å². The van der Waals surface area contributed by atoms with Crippen LogP contribution in [0.2, 0.25) is 0 Å². The molecule has 0 spiro atoms. The smallest absolute Gasteiger partial charge is 0.273 e. The molecule has 0 aromatic heterocycles. The number of unbranched alkanes of at least 4 members (excludes halogenated alkanes) is 5. The fourth-order valence-corrected chi connectivity index (χ4v) is 2.54. The van der Waals surface area contributed by atoms with Gasteiger partial charge in [-0.1, -0.05) is 57.3 Å². The van der Waals surface area contributed by atoms with E-state index in [1.807, 2.05) is 12.2 Å². The molecule has 1 heterocycles. The van der Waals surface area contributed by atoms with Crippen LogP contribution < -0.4 is 0 Å². The summed E-state index contributed by atoms with van der Waals surface area (Å²) >= 11 is 0. The van der Waals surface area contributed by atoms with E-state index >= 15 is 0 Å². The van der Waals surface area contributed by atoms with Crippen molar-refractivity contribution >= 4 is 17.6 Å². The number of carbonyl (C=O) groups is 2. The van der Waals surface area contributed by atoms with E-state index in [2.05, 4.69) is 11.9 Å². The van der Waals surface area contributed by atoms with Crippen LogP contribution in [0.5, 0.6) is 0 Å². The first-order valence-corrected chi connectivity index (χ1v) is 7.53. The number of hydrogen-bond donors (Lipinski definition) is 0. The second-order valence-electron chi connectivity index (χ2n) is 5.30. The average Bonchev–Trinajstić information content (AvgIpc) is 2.45. The van der Waals surface area contributed by atoms with Crippen molar-refractivity contribution in [1.82, 2.24) is 4.90 Å². The van der Waals surface area contributed by atoms with Crippen LogP contribution in [-0.4, -0.2) is 29.1 Å². The number of nitrogens with zero attached hydrogens (tertiary/aromatic N) is 2. The maximum atomic E-state index is 12.3. The van der Waals surface area contributed by atoms with Gasteiger partial charge in [0.15, 0.2) is 0 Å². The molecule has 1 unspecified atom stereocenters. The molecule has 0 bridgehead atoms. The number of amides is 3. The molecule has 2 rings (SSSR count). The first-order chi connectivity index (χ1) is 9.74. The zero-order valence-electron chi connectivity index (χ0n) is 12.0. The summed E-state index contributed by atoms with van der Waals surface area (Å²) in [5, 5.41) is 0. The lowest BCUT2D eigenvalue weighted by molar-refractivity contribution is -0.129. The molecule has 1 aliphatic carbocycles. The summed E-state index contributed by atoms with van der Waals surface area (Å²) < 4.78 is 0. The minimum absolute atomic E-state index is 0.130. The number of rotatable bonds is 7. The highest BCUT2D eigenvalue weighted by molar-refractivity contribution is 6.21. The second-order valence-corrected chi connectivity index (χ2v) is 5.30. The Balaban J connectivity index is 1.84. The zero-order valence-corrected chi connectivity index (χ0v) is 12.0. The van der Waals surface area contributed by atoms with Gasteiger partial charge in [0, 0.05) is 6.54 Å². The first kappa shape index (κ1) is 14.7. The van der Waals surface area contributed by atoms with Crippen molar-refractivity contribution in [2.75, 3.05) is 6.54 Å². The number of aliphatic imine (C=N–C) groups is 1. The Bertz CT molecular complexity index is 463. The molecule has 108 valence electrons. The molecule has 1 aliphatic heterocycles. The molecule has 4 heteroatoms. The minimum atomic E-state index is -0.408. The lowest BCUT2D eigenvalue weighted by Gasteiger charge is -2.28. The fraction of sp³-hybridized carbons (Fsp3) is 0.562. The number of fused-ring (bicyclic) bond motifs is 1. The summed E-state index contributed by atoms with van der Waals surface area (Å²) in [5.41, 5.74) is 0.571. The van der Waals surface area contributed by atoms with Gasteiger partial charge in [-0.2, -0.15) is 4.99 Å². The van der Waals surface area contributed by atoms with E-state index in [9.17, 15) is 9.59 Å². The van der Waals surface area contributed by atoms with Gasteiger partial charge in [0.05, 0.1) is 11.6 Å². The van der Waals surface area contributed by atoms with Crippen LogP contribution >= 0.6 is 0 Å². The molecule has 0 aromatic rings. The summed E-state index contributed by atoms with van der Waals surface area (Å²) in [4.78, 5) is 29.5. The fourth-order valence-electron chi connectivity index (χ4n) is 2.54. The van der Waals surface area contributed by atoms with Crippen LogP contribution in [0, 0.1) is 5.92 Å². The summed E-state index contributed by atoms with van der Waals surface area (Å²) in [6, 6.07) is -0.408. The molecule has 0 N–H and O–H groups in total. The van der Waals surface area contributed by atoms with E-state index in [0.717, 1.165) is 12.8 Å². The predicted octanol–water partition coefficient (Wildman–Crippen LogP) is 3.49. The molecule has 1 atom stereocenters. The lowest BCUT2D eigenvalue weighted by atomic mass is 9.95. The maximum absolute atomic E-state index is 12.3. The van der Waals surface area contributed by atoms with E-state index in [1.165, 1.54) is 30.6 Å². The molecule has 20 heavy (non-hydrogen) atoms. The molecule has 0 saturated carbocycles. The van der Waals surface area contributed by atoms with Crippen LogP contribution in [0.3, 0.4) is 0 Å². The first-order valence-electron chi connectivity index (χ1n) is 7.53. The van der Waals surface area contributed by atoms with Crippen molar-refractivity contribution in [3.8, 4) is 0 Å². The molecular formula is C16H22N2O2. The van der Waals surface area contributed by atoms with Crippen molar-refractivity contribution in [1.29, 1.82) is 0 Å². The molecule has 0 saturated heterocycles. The third-order valence-electron chi connectivity index (χ3n) is 3.72. The Morgan fingerprint density at radius 3 is 2.65 bits per heavy atom. The van der Waals surface area contributed by atoms with Gasteiger partial charge in [-0.3, -0.25) is 9.69 Å². The van der Waals surface area contributed by atoms with Gasteiger partial charge in [-0.15, -0.1) is 0 Å². The lowest BCUT2D eigenvalue weighted by Crippen LogP contribution is -2.46. The van der Waals surface area contributed by atoms with Gasteiger partial charge >= 0.3 is 6.03 Å². The normalized spacial score (nSPS) is 21.1. The third kappa shape index (κ3) is 3.44. The number of imide groups is 1. The largest absolute Gasteiger partial charge is 0.350 e. The quantitative estimate of drug-likeness (QED) is 0.667. The summed E-state index contributed by atoms with van der Waals surface area (Å²) in [5.74, 6) is -0.494. The van der Waals surface area contributed by atoms with Crippen LogP contribution in [0.25, 0.3) is 0 Å². The molecule has 3 amide bonds. The van der Waals surface area contributed by atoms with Gasteiger partial charge in [-0.25, -0.2) is 4.79 Å². The number of allylic oxidation sites excluding steroid dienone is 3. The summed E-state index contributed by atoms with van der Waals surface area (Å²) in [6.45, 7) is 2.68. The Labute approximate surface area is 120 Å². The molecule has 4 nitrogen and oxygen atoms in total. The average molecular weight is 274 g/mol. The van der Waals surface area contributed by atoms with Crippen molar-refractivity contribution < 1.29 is 9.59 Å². The Morgan fingerprint density at radius 1 is 1.10 bits per heavy atom. The number of hydrogen-bond acceptors (Lipinski definition) is 2. The van der Waals surface area contributed by atoms with Crippen molar-refractivity contribution in [3.63, 3.8) is 0 Å². The van der Waals surface area contributed by atoms with Crippen LogP contribution in [0.15, 0.2) is 29.3 Å². The topological polar surface area (TPSA) is 49.7 Å². The van der Waals surface area contributed by atoms with Crippen molar-refractivity contribution in [2.45, 2.75) is 45.4 Å². The SMILES string of the molecule is CCCCCCCCN1C(=O)N=C2C=CC=CC2C1=O. The minimum Gasteiger partial charge on any atom is -0.273 e. The molecule has 0 radical (unpaired) electrons. The van der Waals surface area contributed by atoms with Crippen molar-refractivity contribution in [3.05, 3.63) is 24.3 Å². The van der Waals surface area contributed by atoms with Crippen LogP contribution in [-0.2, 0) is 4.79 Å². The Morgan fingerprint density at radius 2 is 1.85 bits per heavy atom. The second kappa shape index (κ2) is 7.17. The molecular weight excluding hydrogens is 252 g/mol. The van der Waals surface area contributed by atoms with E-state index in [0.29, 0.717) is 12.3 Å². The Kier molecular flexibility index (Phi) is 5.27. The highest BCUT2D eigenvalue weighted by atomic mass is 16.2. The van der Waals surface area contributed by atoms with E-state index in [-0.39, 0.29) is 11.8 Å². The highest BCUT2D eigenvalue weighted by Crippen LogP contribution is 2.20. The monoisotopic (exact) mass is 274 g/mol. The summed E-state index contributed by atoms with van der Waals surface area (Å²) in [6.07, 6.45) is 14.0. The standard InChI is InChI=1S/C16H22N2O2/c1-2-3-4-5-6-9-12-18-15(19)13-10-7-8-11-14(13)17-16(18)20/h7-8,10-11,13H,2-6,9,12H2,1H3. The number of carbonyl (C=O) groups excluding carboxylic acids is 2. The van der Waals surface area contributed by atoms with E-state index < -0.39 is 6.03 Å². The van der Waals surface area contributed by atoms with Gasteiger partial charge in [-0.05, 0) is 12.5 Å². The molecule has 0 aromatic carbocycles. The molecule has 2 aliphatic rings. The predicted molar refractivity (Wildman–Crippen MR) is 79.7 cm³/mol. The van der Waals surface area contributed by atoms with E-state index in [1.54, 1.807) is 12.2 Å². The zero-order chi connectivity index (χ0) is 14.4. The third-order valence-corrected chi connectivity index (χ3v) is 3.72. The van der Waals surface area contributed by atoms with E-state index in [4.69, 9.17) is 0 Å².